The lowest BCUT2D eigenvalue weighted by Gasteiger charge is -2.13. The highest BCUT2D eigenvalue weighted by Crippen LogP contribution is 2.36. The highest BCUT2D eigenvalue weighted by molar-refractivity contribution is 5.92. The molecular weight excluding hydrogens is 404 g/mol. The fraction of sp³-hybridized carbons (Fsp3) is 0.214. The average Bonchev–Trinajstić information content (AvgIpc) is 2.79. The number of hydrogen-bond acceptors (Lipinski definition) is 2. The zero-order valence-corrected chi connectivity index (χ0v) is 18.1. The van der Waals surface area contributed by atoms with Gasteiger partial charge in [-0.05, 0) is 48.4 Å². The Labute approximate surface area is 186 Å². The van der Waals surface area contributed by atoms with Gasteiger partial charge in [0.05, 0.1) is 11.2 Å². The van der Waals surface area contributed by atoms with Crippen molar-refractivity contribution < 1.29 is 13.6 Å². The van der Waals surface area contributed by atoms with Crippen molar-refractivity contribution in [1.82, 2.24) is 4.98 Å². The van der Waals surface area contributed by atoms with E-state index in [4.69, 9.17) is 4.98 Å². The molecule has 0 atom stereocenters. The van der Waals surface area contributed by atoms with E-state index in [9.17, 15) is 13.6 Å². The predicted molar refractivity (Wildman–Crippen MR) is 125 cm³/mol. The second kappa shape index (κ2) is 9.82. The Morgan fingerprint density at radius 1 is 0.812 bits per heavy atom. The maximum absolute atomic E-state index is 14.7. The molecule has 0 aliphatic carbocycles. The Bertz CT molecular complexity index is 1270. The third kappa shape index (κ3) is 4.75. The molecule has 32 heavy (non-hydrogen) atoms. The number of carbonyl (C=O) groups excluding carboxylic acids is 1. The Kier molecular flexibility index (Phi) is 6.69. The van der Waals surface area contributed by atoms with Gasteiger partial charge in [0.1, 0.15) is 17.4 Å². The number of unbranched alkanes of at least 4 members (excludes halogenated alkanes) is 2. The molecular formula is C28H25F2NO. The van der Waals surface area contributed by atoms with E-state index >= 15 is 0 Å². The molecule has 0 aliphatic heterocycles. The van der Waals surface area contributed by atoms with E-state index in [0.29, 0.717) is 40.7 Å². The number of nitrogens with zero attached hydrogens (tertiary/aromatic N) is 1. The van der Waals surface area contributed by atoms with Crippen LogP contribution in [0.5, 0.6) is 0 Å². The van der Waals surface area contributed by atoms with Gasteiger partial charge in [-0.3, -0.25) is 4.79 Å². The van der Waals surface area contributed by atoms with Crippen LogP contribution in [0.2, 0.25) is 0 Å². The van der Waals surface area contributed by atoms with Crippen LogP contribution < -0.4 is 0 Å². The molecule has 4 heteroatoms. The summed E-state index contributed by atoms with van der Waals surface area (Å²) in [7, 11) is 0. The second-order valence-electron chi connectivity index (χ2n) is 8.04. The maximum Gasteiger partial charge on any atom is 0.137 e. The van der Waals surface area contributed by atoms with Crippen LogP contribution in [0.25, 0.3) is 33.3 Å². The number of Topliss-reactive ketones (excluding diaryl/α,β-unsaturated/α-hetero) is 1. The van der Waals surface area contributed by atoms with E-state index in [-0.39, 0.29) is 5.78 Å². The molecule has 4 rings (SSSR count). The van der Waals surface area contributed by atoms with Crippen molar-refractivity contribution in [3.05, 3.63) is 90.0 Å². The second-order valence-corrected chi connectivity index (χ2v) is 8.04. The summed E-state index contributed by atoms with van der Waals surface area (Å²) in [6.45, 7) is 2.11. The molecule has 1 heterocycles. The normalized spacial score (nSPS) is 11.1. The number of carbonyl (C=O) groups is 1. The number of rotatable bonds is 8. The number of halogens is 2. The fourth-order valence-electron chi connectivity index (χ4n) is 3.97. The van der Waals surface area contributed by atoms with Crippen molar-refractivity contribution in [1.29, 1.82) is 0 Å². The Morgan fingerprint density at radius 3 is 2.19 bits per heavy atom. The van der Waals surface area contributed by atoms with Gasteiger partial charge in [-0.2, -0.15) is 0 Å². The summed E-state index contributed by atoms with van der Waals surface area (Å²) in [5.74, 6) is -0.595. The minimum absolute atomic E-state index is 0.211. The molecule has 0 aliphatic rings. The van der Waals surface area contributed by atoms with E-state index in [0.717, 1.165) is 30.2 Å². The molecule has 4 aromatic rings. The van der Waals surface area contributed by atoms with E-state index in [1.807, 2.05) is 24.3 Å². The number of pyridine rings is 1. The lowest BCUT2D eigenvalue weighted by Crippen LogP contribution is -2.02. The predicted octanol–water partition coefficient (Wildman–Crippen LogP) is 7.54. The molecule has 0 radical (unpaired) electrons. The van der Waals surface area contributed by atoms with Crippen molar-refractivity contribution in [3.63, 3.8) is 0 Å². The zero-order chi connectivity index (χ0) is 22.5. The van der Waals surface area contributed by atoms with E-state index in [2.05, 4.69) is 6.92 Å². The van der Waals surface area contributed by atoms with Crippen LogP contribution in [0.4, 0.5) is 8.78 Å². The first kappa shape index (κ1) is 21.8. The van der Waals surface area contributed by atoms with Gasteiger partial charge >= 0.3 is 0 Å². The lowest BCUT2D eigenvalue weighted by atomic mass is 9.95. The summed E-state index contributed by atoms with van der Waals surface area (Å²) < 4.78 is 29.3. The first-order valence-electron chi connectivity index (χ1n) is 11.0. The molecule has 0 N–H and O–H groups in total. The first-order valence-corrected chi connectivity index (χ1v) is 11.0. The van der Waals surface area contributed by atoms with E-state index in [1.54, 1.807) is 36.4 Å². The van der Waals surface area contributed by atoms with Gasteiger partial charge in [-0.15, -0.1) is 0 Å². The third-order valence-electron chi connectivity index (χ3n) is 5.63. The number of benzene rings is 3. The molecule has 0 unspecified atom stereocenters. The Balaban J connectivity index is 1.80. The van der Waals surface area contributed by atoms with Crippen LogP contribution >= 0.6 is 0 Å². The molecule has 0 saturated carbocycles. The number of hydrogen-bond donors (Lipinski definition) is 0. The smallest absolute Gasteiger partial charge is 0.137 e. The highest BCUT2D eigenvalue weighted by Gasteiger charge is 2.17. The standard InChI is InChI=1S/C28H25F2NO/c1-2-3-4-9-21(32)17-19-14-15-27-20(16-19)18-24(22-10-5-7-12-25(22)29)28(31-27)23-11-6-8-13-26(23)30/h5-8,10-16,18H,2-4,9,17H2,1H3. The fourth-order valence-corrected chi connectivity index (χ4v) is 3.97. The molecule has 2 nitrogen and oxygen atoms in total. The molecule has 0 bridgehead atoms. The molecule has 1 aromatic heterocycles. The molecule has 3 aromatic carbocycles. The topological polar surface area (TPSA) is 30.0 Å². The molecule has 0 fully saturated rings. The van der Waals surface area contributed by atoms with Gasteiger partial charge in [-0.25, -0.2) is 13.8 Å². The molecule has 0 spiro atoms. The largest absolute Gasteiger partial charge is 0.299 e. The number of ketones is 1. The Morgan fingerprint density at radius 2 is 1.50 bits per heavy atom. The van der Waals surface area contributed by atoms with Crippen LogP contribution in [0.15, 0.2) is 72.8 Å². The summed E-state index contributed by atoms with van der Waals surface area (Å²) in [4.78, 5) is 17.0. The summed E-state index contributed by atoms with van der Waals surface area (Å²) in [5, 5.41) is 0.794. The van der Waals surface area contributed by atoms with Gasteiger partial charge in [-0.1, -0.05) is 56.2 Å². The number of fused-ring (bicyclic) bond motifs is 1. The van der Waals surface area contributed by atoms with Crippen molar-refractivity contribution in [2.75, 3.05) is 0 Å². The van der Waals surface area contributed by atoms with Crippen molar-refractivity contribution in [2.24, 2.45) is 0 Å². The monoisotopic (exact) mass is 429 g/mol. The quantitative estimate of drug-likeness (QED) is 0.271. The lowest BCUT2D eigenvalue weighted by molar-refractivity contribution is -0.118. The van der Waals surface area contributed by atoms with Crippen molar-refractivity contribution >= 4 is 16.7 Å². The third-order valence-corrected chi connectivity index (χ3v) is 5.63. The van der Waals surface area contributed by atoms with Gasteiger partial charge in [0, 0.05) is 34.9 Å². The highest BCUT2D eigenvalue weighted by atomic mass is 19.1. The maximum atomic E-state index is 14.7. The first-order chi connectivity index (χ1) is 15.6. The summed E-state index contributed by atoms with van der Waals surface area (Å²) in [6.07, 6.45) is 3.99. The van der Waals surface area contributed by atoms with Crippen LogP contribution in [0, 0.1) is 11.6 Å². The van der Waals surface area contributed by atoms with Gasteiger partial charge < -0.3 is 0 Å². The minimum Gasteiger partial charge on any atom is -0.299 e. The number of aromatic nitrogens is 1. The van der Waals surface area contributed by atoms with E-state index < -0.39 is 11.6 Å². The van der Waals surface area contributed by atoms with Gasteiger partial charge in [0.25, 0.3) is 0 Å². The van der Waals surface area contributed by atoms with Crippen LogP contribution in [-0.4, -0.2) is 10.8 Å². The van der Waals surface area contributed by atoms with Gasteiger partial charge in [0.2, 0.25) is 0 Å². The van der Waals surface area contributed by atoms with Crippen molar-refractivity contribution in [2.45, 2.75) is 39.0 Å². The van der Waals surface area contributed by atoms with Gasteiger partial charge in [0.15, 0.2) is 0 Å². The molecule has 162 valence electrons. The van der Waals surface area contributed by atoms with Crippen LogP contribution in [0.3, 0.4) is 0 Å². The molecule has 0 saturated heterocycles. The zero-order valence-electron chi connectivity index (χ0n) is 18.1. The van der Waals surface area contributed by atoms with Crippen LogP contribution in [-0.2, 0) is 11.2 Å². The average molecular weight is 430 g/mol. The SMILES string of the molecule is CCCCCC(=O)Cc1ccc2nc(-c3ccccc3F)c(-c3ccccc3F)cc2c1. The van der Waals surface area contributed by atoms with Crippen molar-refractivity contribution in [3.8, 4) is 22.4 Å². The summed E-state index contributed by atoms with van der Waals surface area (Å²) in [6, 6.07) is 20.3. The molecule has 0 amide bonds. The van der Waals surface area contributed by atoms with E-state index in [1.165, 1.54) is 12.1 Å². The van der Waals surface area contributed by atoms with Crippen LogP contribution in [0.1, 0.15) is 38.2 Å². The minimum atomic E-state index is -0.411. The Hall–Kier alpha value is -3.40. The summed E-state index contributed by atoms with van der Waals surface area (Å²) >= 11 is 0. The summed E-state index contributed by atoms with van der Waals surface area (Å²) in [5.41, 5.74) is 3.17.